The quantitative estimate of drug-likeness (QED) is 0.686. The summed E-state index contributed by atoms with van der Waals surface area (Å²) in [5, 5.41) is 1.08. The molecule has 2 aromatic heterocycles. The molecule has 1 saturated heterocycles. The van der Waals surface area contributed by atoms with Gasteiger partial charge in [0.2, 0.25) is 11.1 Å². The highest BCUT2D eigenvalue weighted by molar-refractivity contribution is 7.22. The van der Waals surface area contributed by atoms with Gasteiger partial charge in [-0.2, -0.15) is 4.98 Å². The molecule has 7 heteroatoms. The van der Waals surface area contributed by atoms with Gasteiger partial charge in [-0.3, -0.25) is 4.79 Å². The van der Waals surface area contributed by atoms with Crippen molar-refractivity contribution in [3.05, 3.63) is 34.5 Å². The molecule has 0 radical (unpaired) electrons. The Labute approximate surface area is 128 Å². The third kappa shape index (κ3) is 2.16. The maximum absolute atomic E-state index is 13.2. The lowest BCUT2D eigenvalue weighted by Gasteiger charge is -2.31. The van der Waals surface area contributed by atoms with E-state index in [1.54, 1.807) is 29.2 Å². The molecule has 0 bridgehead atoms. The van der Waals surface area contributed by atoms with E-state index in [4.69, 9.17) is 4.42 Å². The molecule has 0 saturated carbocycles. The molecule has 0 unspecified atom stereocenters. The van der Waals surface area contributed by atoms with Gasteiger partial charge in [-0.15, -0.1) is 0 Å². The summed E-state index contributed by atoms with van der Waals surface area (Å²) in [6, 6.07) is 6.99. The van der Waals surface area contributed by atoms with E-state index in [1.807, 2.05) is 0 Å². The number of halogens is 2. The minimum atomic E-state index is -2.60. The van der Waals surface area contributed by atoms with E-state index in [9.17, 15) is 13.6 Å². The smallest absolute Gasteiger partial charge is 0.251 e. The van der Waals surface area contributed by atoms with Crippen molar-refractivity contribution in [1.29, 1.82) is 0 Å². The van der Waals surface area contributed by atoms with Crippen molar-refractivity contribution in [2.75, 3.05) is 18.0 Å². The normalized spacial score (nSPS) is 18.2. The van der Waals surface area contributed by atoms with Crippen LogP contribution in [0.4, 0.5) is 13.9 Å². The predicted molar refractivity (Wildman–Crippen MR) is 82.1 cm³/mol. The second kappa shape index (κ2) is 4.74. The molecule has 4 rings (SSSR count). The van der Waals surface area contributed by atoms with Crippen LogP contribution < -0.4 is 10.3 Å². The molecular formula is C15H12F2N2O2S. The van der Waals surface area contributed by atoms with Gasteiger partial charge < -0.3 is 9.32 Å². The molecule has 3 aromatic rings. The number of thiazole rings is 1. The number of alkyl halides is 2. The Kier molecular flexibility index (Phi) is 2.94. The van der Waals surface area contributed by atoms with Crippen molar-refractivity contribution in [3.63, 3.8) is 0 Å². The first-order chi connectivity index (χ1) is 10.5. The van der Waals surface area contributed by atoms with Crippen LogP contribution in [-0.4, -0.2) is 24.0 Å². The zero-order valence-electron chi connectivity index (χ0n) is 11.5. The lowest BCUT2D eigenvalue weighted by atomic mass is 10.1. The molecule has 0 amide bonds. The Balaban J connectivity index is 1.79. The average molecular weight is 322 g/mol. The largest absolute Gasteiger partial charge is 0.437 e. The van der Waals surface area contributed by atoms with Crippen molar-refractivity contribution in [2.24, 2.45) is 0 Å². The number of piperidine rings is 1. The van der Waals surface area contributed by atoms with E-state index in [0.29, 0.717) is 20.8 Å². The third-order valence-corrected chi connectivity index (χ3v) is 4.99. The topological polar surface area (TPSA) is 46.3 Å². The van der Waals surface area contributed by atoms with Crippen molar-refractivity contribution < 1.29 is 13.2 Å². The molecule has 0 aliphatic carbocycles. The minimum Gasteiger partial charge on any atom is -0.437 e. The number of hydrogen-bond donors (Lipinski definition) is 0. The van der Waals surface area contributed by atoms with Gasteiger partial charge in [-0.25, -0.2) is 8.78 Å². The van der Waals surface area contributed by atoms with Crippen LogP contribution in [-0.2, 0) is 0 Å². The maximum atomic E-state index is 13.2. The maximum Gasteiger partial charge on any atom is 0.251 e. The van der Waals surface area contributed by atoms with Crippen LogP contribution in [0.25, 0.3) is 21.4 Å². The van der Waals surface area contributed by atoms with Crippen molar-refractivity contribution in [2.45, 2.75) is 18.8 Å². The Morgan fingerprint density at radius 3 is 2.73 bits per heavy atom. The SMILES string of the molecule is O=c1c2ccccc2oc2nc(N3CCC(F)(F)CC3)sc12. The molecule has 0 spiro atoms. The lowest BCUT2D eigenvalue weighted by Crippen LogP contribution is -2.39. The van der Waals surface area contributed by atoms with Crippen LogP contribution in [0.1, 0.15) is 12.8 Å². The number of nitrogens with zero attached hydrogens (tertiary/aromatic N) is 2. The number of rotatable bonds is 1. The van der Waals surface area contributed by atoms with E-state index >= 15 is 0 Å². The van der Waals surface area contributed by atoms with Crippen LogP contribution in [0.15, 0.2) is 33.5 Å². The van der Waals surface area contributed by atoms with E-state index in [-0.39, 0.29) is 37.1 Å². The molecule has 22 heavy (non-hydrogen) atoms. The summed E-state index contributed by atoms with van der Waals surface area (Å²) < 4.78 is 32.6. The molecule has 3 heterocycles. The van der Waals surface area contributed by atoms with Gasteiger partial charge in [0.25, 0.3) is 5.92 Å². The summed E-state index contributed by atoms with van der Waals surface area (Å²) in [4.78, 5) is 18.6. The Morgan fingerprint density at radius 2 is 1.95 bits per heavy atom. The summed E-state index contributed by atoms with van der Waals surface area (Å²) in [6.45, 7) is 0.473. The van der Waals surface area contributed by atoms with Crippen LogP contribution in [0.5, 0.6) is 0 Å². The number of aromatic nitrogens is 1. The first kappa shape index (κ1) is 13.6. The van der Waals surface area contributed by atoms with Crippen LogP contribution in [0.2, 0.25) is 0 Å². The second-order valence-corrected chi connectivity index (χ2v) is 6.38. The molecule has 1 aliphatic heterocycles. The van der Waals surface area contributed by atoms with Gasteiger partial charge in [0.05, 0.1) is 5.39 Å². The number of benzene rings is 1. The summed E-state index contributed by atoms with van der Waals surface area (Å²) in [6.07, 6.45) is -0.376. The van der Waals surface area contributed by atoms with Crippen LogP contribution in [0, 0.1) is 0 Å². The minimum absolute atomic E-state index is 0.122. The fourth-order valence-electron chi connectivity index (χ4n) is 2.64. The van der Waals surface area contributed by atoms with Crippen molar-refractivity contribution in [1.82, 2.24) is 4.98 Å². The van der Waals surface area contributed by atoms with Gasteiger partial charge in [0.1, 0.15) is 10.3 Å². The standard InChI is InChI=1S/C15H12F2N2O2S/c16-15(17)5-7-19(8-6-15)14-18-13-12(22-14)11(20)9-3-1-2-4-10(9)21-13/h1-4H,5-8H2. The van der Waals surface area contributed by atoms with Gasteiger partial charge in [0.15, 0.2) is 5.13 Å². The Bertz CT molecular complexity index is 909. The van der Waals surface area contributed by atoms with Crippen LogP contribution in [0.3, 0.4) is 0 Å². The molecular weight excluding hydrogens is 310 g/mol. The van der Waals surface area contributed by atoms with Gasteiger partial charge in [0, 0.05) is 25.9 Å². The molecule has 0 atom stereocenters. The molecule has 1 aliphatic rings. The number of fused-ring (bicyclic) bond motifs is 2. The van der Waals surface area contributed by atoms with Gasteiger partial charge in [-0.1, -0.05) is 23.5 Å². The van der Waals surface area contributed by atoms with E-state index in [1.165, 1.54) is 11.3 Å². The fourth-order valence-corrected chi connectivity index (χ4v) is 3.64. The molecule has 114 valence electrons. The lowest BCUT2D eigenvalue weighted by molar-refractivity contribution is -0.0220. The highest BCUT2D eigenvalue weighted by Crippen LogP contribution is 2.34. The summed E-state index contributed by atoms with van der Waals surface area (Å²) in [5.41, 5.74) is 0.644. The highest BCUT2D eigenvalue weighted by atomic mass is 32.1. The summed E-state index contributed by atoms with van der Waals surface area (Å²) in [5.74, 6) is -2.60. The summed E-state index contributed by atoms with van der Waals surface area (Å²) in [7, 11) is 0. The monoisotopic (exact) mass is 322 g/mol. The number of para-hydroxylation sites is 1. The molecule has 1 aromatic carbocycles. The van der Waals surface area contributed by atoms with Crippen LogP contribution >= 0.6 is 11.3 Å². The van der Waals surface area contributed by atoms with E-state index < -0.39 is 5.92 Å². The zero-order valence-corrected chi connectivity index (χ0v) is 12.3. The van der Waals surface area contributed by atoms with Gasteiger partial charge in [-0.05, 0) is 12.1 Å². The predicted octanol–water partition coefficient (Wildman–Crippen LogP) is 3.64. The second-order valence-electron chi connectivity index (χ2n) is 5.40. The van der Waals surface area contributed by atoms with E-state index in [2.05, 4.69) is 4.98 Å². The first-order valence-corrected chi connectivity index (χ1v) is 7.80. The molecule has 0 N–H and O–H groups in total. The van der Waals surface area contributed by atoms with Crippen molar-refractivity contribution >= 4 is 37.9 Å². The third-order valence-electron chi connectivity index (χ3n) is 3.89. The highest BCUT2D eigenvalue weighted by Gasteiger charge is 2.35. The van der Waals surface area contributed by atoms with Crippen molar-refractivity contribution in [3.8, 4) is 0 Å². The molecule has 4 nitrogen and oxygen atoms in total. The number of anilines is 1. The zero-order chi connectivity index (χ0) is 15.3. The average Bonchev–Trinajstić information content (AvgIpc) is 2.92. The Morgan fingerprint density at radius 1 is 1.23 bits per heavy atom. The number of hydrogen-bond acceptors (Lipinski definition) is 5. The Hall–Kier alpha value is -2.02. The first-order valence-electron chi connectivity index (χ1n) is 6.99. The van der Waals surface area contributed by atoms with Gasteiger partial charge >= 0.3 is 0 Å². The summed E-state index contributed by atoms with van der Waals surface area (Å²) >= 11 is 1.21. The van der Waals surface area contributed by atoms with E-state index in [0.717, 1.165) is 0 Å². The fraction of sp³-hybridized carbons (Fsp3) is 0.333. The molecule has 1 fully saturated rings.